The highest BCUT2D eigenvalue weighted by atomic mass is 35.5. The molecule has 0 bridgehead atoms. The number of anilines is 1. The van der Waals surface area contributed by atoms with Gasteiger partial charge in [0.15, 0.2) is 0 Å². The van der Waals surface area contributed by atoms with Crippen molar-refractivity contribution in [1.29, 1.82) is 0 Å². The van der Waals surface area contributed by atoms with Gasteiger partial charge in [0.25, 0.3) is 0 Å². The maximum Gasteiger partial charge on any atom is 0.237 e. The molecule has 1 aromatic heterocycles. The Hall–Kier alpha value is -1.07. The summed E-state index contributed by atoms with van der Waals surface area (Å²) in [5.41, 5.74) is 0. The van der Waals surface area contributed by atoms with E-state index in [4.69, 9.17) is 16.3 Å². The second kappa shape index (κ2) is 6.02. The van der Waals surface area contributed by atoms with Crippen molar-refractivity contribution in [1.82, 2.24) is 14.9 Å². The van der Waals surface area contributed by atoms with Crippen molar-refractivity contribution in [3.05, 3.63) is 11.2 Å². The Morgan fingerprint density at radius 2 is 2.24 bits per heavy atom. The Morgan fingerprint density at radius 3 is 2.94 bits per heavy atom. The lowest BCUT2D eigenvalue weighted by Gasteiger charge is -2.15. The number of halogens is 1. The number of hydrogen-bond acceptors (Lipinski definition) is 5. The van der Waals surface area contributed by atoms with E-state index in [2.05, 4.69) is 20.2 Å². The number of ether oxygens (including phenoxy) is 1. The van der Waals surface area contributed by atoms with Crippen molar-refractivity contribution in [2.75, 3.05) is 38.6 Å². The van der Waals surface area contributed by atoms with E-state index in [1.165, 1.54) is 25.9 Å². The number of nitrogens with zero attached hydrogens (tertiary/aromatic N) is 3. The van der Waals surface area contributed by atoms with Gasteiger partial charge in [0.05, 0.1) is 6.20 Å². The molecule has 94 valence electrons. The van der Waals surface area contributed by atoms with Gasteiger partial charge in [0.2, 0.25) is 11.8 Å². The Labute approximate surface area is 106 Å². The fourth-order valence-corrected chi connectivity index (χ4v) is 2.00. The minimum Gasteiger partial charge on any atom is -0.475 e. The van der Waals surface area contributed by atoms with Crippen LogP contribution in [0.3, 0.4) is 0 Å². The van der Waals surface area contributed by atoms with Crippen molar-refractivity contribution in [3.63, 3.8) is 0 Å². The molecule has 2 heterocycles. The standard InChI is InChI=1S/C11H17ClN4O/c1-13-11-14-8-9(12)10(15-11)17-7-6-16-4-2-3-5-16/h8H,2-7H2,1H3,(H,13,14,15). The number of hydrogen-bond donors (Lipinski definition) is 1. The van der Waals surface area contributed by atoms with Crippen LogP contribution in [0.2, 0.25) is 5.02 Å². The van der Waals surface area contributed by atoms with E-state index >= 15 is 0 Å². The van der Waals surface area contributed by atoms with Gasteiger partial charge >= 0.3 is 0 Å². The second-order valence-electron chi connectivity index (χ2n) is 3.99. The second-order valence-corrected chi connectivity index (χ2v) is 4.40. The first-order chi connectivity index (χ1) is 8.29. The lowest BCUT2D eigenvalue weighted by atomic mass is 10.4. The molecule has 0 spiro atoms. The summed E-state index contributed by atoms with van der Waals surface area (Å²) < 4.78 is 5.58. The molecule has 6 heteroatoms. The molecule has 1 aromatic rings. The Balaban J connectivity index is 1.84. The van der Waals surface area contributed by atoms with Gasteiger partial charge in [-0.15, -0.1) is 0 Å². The zero-order valence-electron chi connectivity index (χ0n) is 9.95. The molecule has 17 heavy (non-hydrogen) atoms. The lowest BCUT2D eigenvalue weighted by Crippen LogP contribution is -2.25. The molecule has 1 aliphatic rings. The average Bonchev–Trinajstić information content (AvgIpc) is 2.84. The highest BCUT2D eigenvalue weighted by Gasteiger charge is 2.12. The smallest absolute Gasteiger partial charge is 0.237 e. The Bertz CT molecular complexity index is 368. The molecule has 0 amide bonds. The SMILES string of the molecule is CNc1ncc(Cl)c(OCCN2CCCC2)n1. The molecule has 2 rings (SSSR count). The van der Waals surface area contributed by atoms with Gasteiger partial charge in [-0.05, 0) is 25.9 Å². The van der Waals surface area contributed by atoms with Crippen LogP contribution in [0.1, 0.15) is 12.8 Å². The van der Waals surface area contributed by atoms with Crippen LogP contribution in [-0.2, 0) is 0 Å². The zero-order valence-corrected chi connectivity index (χ0v) is 10.7. The van der Waals surface area contributed by atoms with E-state index in [0.29, 0.717) is 23.5 Å². The van der Waals surface area contributed by atoms with Gasteiger partial charge in [-0.3, -0.25) is 4.90 Å². The van der Waals surface area contributed by atoms with Crippen LogP contribution in [0, 0.1) is 0 Å². The van der Waals surface area contributed by atoms with Crippen LogP contribution in [0.5, 0.6) is 5.88 Å². The molecule has 0 unspecified atom stereocenters. The van der Waals surface area contributed by atoms with Crippen LogP contribution in [0.15, 0.2) is 6.20 Å². The van der Waals surface area contributed by atoms with Gasteiger partial charge in [-0.2, -0.15) is 4.98 Å². The predicted molar refractivity (Wildman–Crippen MR) is 67.8 cm³/mol. The monoisotopic (exact) mass is 256 g/mol. The lowest BCUT2D eigenvalue weighted by molar-refractivity contribution is 0.232. The van der Waals surface area contributed by atoms with Gasteiger partial charge in [-0.1, -0.05) is 11.6 Å². The van der Waals surface area contributed by atoms with Gasteiger partial charge in [0, 0.05) is 13.6 Å². The fourth-order valence-electron chi connectivity index (χ4n) is 1.85. The molecule has 0 aliphatic carbocycles. The minimum absolute atomic E-state index is 0.449. The summed E-state index contributed by atoms with van der Waals surface area (Å²) in [6.07, 6.45) is 4.13. The first kappa shape index (κ1) is 12.4. The Kier molecular flexibility index (Phi) is 4.39. The first-order valence-corrected chi connectivity index (χ1v) is 6.23. The van der Waals surface area contributed by atoms with E-state index in [1.54, 1.807) is 13.2 Å². The molecule has 1 fully saturated rings. The summed E-state index contributed by atoms with van der Waals surface area (Å²) in [5.74, 6) is 0.968. The summed E-state index contributed by atoms with van der Waals surface area (Å²) in [7, 11) is 1.76. The molecule has 1 saturated heterocycles. The van der Waals surface area contributed by atoms with Crippen LogP contribution < -0.4 is 10.1 Å². The number of rotatable bonds is 5. The third kappa shape index (κ3) is 3.44. The normalized spacial score (nSPS) is 16.1. The summed E-state index contributed by atoms with van der Waals surface area (Å²) in [6, 6.07) is 0. The topological polar surface area (TPSA) is 50.3 Å². The average molecular weight is 257 g/mol. The predicted octanol–water partition coefficient (Wildman–Crippen LogP) is 1.65. The molecular weight excluding hydrogens is 240 g/mol. The third-order valence-corrected chi connectivity index (χ3v) is 3.04. The maximum absolute atomic E-state index is 5.96. The van der Waals surface area contributed by atoms with E-state index < -0.39 is 0 Å². The van der Waals surface area contributed by atoms with Crippen LogP contribution in [-0.4, -0.2) is 48.2 Å². The maximum atomic E-state index is 5.96. The highest BCUT2D eigenvalue weighted by molar-refractivity contribution is 6.31. The van der Waals surface area contributed by atoms with Crippen LogP contribution in [0.4, 0.5) is 5.95 Å². The number of nitrogens with one attached hydrogen (secondary N) is 1. The quantitative estimate of drug-likeness (QED) is 0.868. The van der Waals surface area contributed by atoms with Crippen molar-refractivity contribution in [2.24, 2.45) is 0 Å². The summed E-state index contributed by atoms with van der Waals surface area (Å²) in [5, 5.41) is 3.30. The summed E-state index contributed by atoms with van der Waals surface area (Å²) >= 11 is 5.96. The molecule has 1 aliphatic heterocycles. The first-order valence-electron chi connectivity index (χ1n) is 5.85. The van der Waals surface area contributed by atoms with Crippen LogP contribution in [0.25, 0.3) is 0 Å². The summed E-state index contributed by atoms with van der Waals surface area (Å²) in [4.78, 5) is 10.5. The number of aromatic nitrogens is 2. The van der Waals surface area contributed by atoms with E-state index in [-0.39, 0.29) is 0 Å². The van der Waals surface area contributed by atoms with Crippen molar-refractivity contribution in [3.8, 4) is 5.88 Å². The molecular formula is C11H17ClN4O. The molecule has 0 radical (unpaired) electrons. The highest BCUT2D eigenvalue weighted by Crippen LogP contribution is 2.21. The molecule has 0 aromatic carbocycles. The zero-order chi connectivity index (χ0) is 12.1. The largest absolute Gasteiger partial charge is 0.475 e. The van der Waals surface area contributed by atoms with Crippen molar-refractivity contribution < 1.29 is 4.74 Å². The minimum atomic E-state index is 0.449. The molecule has 0 atom stereocenters. The van der Waals surface area contributed by atoms with E-state index in [9.17, 15) is 0 Å². The number of likely N-dealkylation sites (tertiary alicyclic amines) is 1. The van der Waals surface area contributed by atoms with Gasteiger partial charge < -0.3 is 10.1 Å². The van der Waals surface area contributed by atoms with Crippen molar-refractivity contribution >= 4 is 17.5 Å². The molecule has 0 saturated carbocycles. The molecule has 5 nitrogen and oxygen atoms in total. The van der Waals surface area contributed by atoms with Gasteiger partial charge in [-0.25, -0.2) is 4.98 Å². The van der Waals surface area contributed by atoms with Crippen molar-refractivity contribution in [2.45, 2.75) is 12.8 Å². The Morgan fingerprint density at radius 1 is 1.47 bits per heavy atom. The van der Waals surface area contributed by atoms with Gasteiger partial charge in [0.1, 0.15) is 11.6 Å². The van der Waals surface area contributed by atoms with E-state index in [1.807, 2.05) is 0 Å². The molecule has 1 N–H and O–H groups in total. The summed E-state index contributed by atoms with van der Waals surface area (Å²) in [6.45, 7) is 3.88. The van der Waals surface area contributed by atoms with E-state index in [0.717, 1.165) is 6.54 Å². The van der Waals surface area contributed by atoms with Crippen LogP contribution >= 0.6 is 11.6 Å². The third-order valence-electron chi connectivity index (χ3n) is 2.78. The fraction of sp³-hybridized carbons (Fsp3) is 0.636.